The first-order valence-electron chi connectivity index (χ1n) is 8.06. The highest BCUT2D eigenvalue weighted by Gasteiger charge is 2.19. The van der Waals surface area contributed by atoms with Crippen molar-refractivity contribution >= 4 is 11.9 Å². The van der Waals surface area contributed by atoms with E-state index in [9.17, 15) is 9.90 Å². The van der Waals surface area contributed by atoms with E-state index >= 15 is 0 Å². The van der Waals surface area contributed by atoms with Crippen LogP contribution >= 0.6 is 0 Å². The van der Waals surface area contributed by atoms with Crippen LogP contribution in [-0.2, 0) is 9.47 Å². The van der Waals surface area contributed by atoms with Gasteiger partial charge >= 0.3 is 0 Å². The molecule has 0 aromatic heterocycles. The number of phenols is 1. The molecule has 0 bridgehead atoms. The third-order valence-electron chi connectivity index (χ3n) is 3.48. The number of rotatable bonds is 10. The second kappa shape index (κ2) is 10.2. The van der Waals surface area contributed by atoms with Crippen LogP contribution in [0.15, 0.2) is 42.5 Å². The molecule has 0 amide bonds. The zero-order chi connectivity index (χ0) is 19.6. The van der Waals surface area contributed by atoms with Gasteiger partial charge in [-0.3, -0.25) is 4.79 Å². The molecule has 0 saturated heterocycles. The van der Waals surface area contributed by atoms with Crippen molar-refractivity contribution < 1.29 is 33.6 Å². The lowest BCUT2D eigenvalue weighted by atomic mass is 10.1. The van der Waals surface area contributed by atoms with Crippen molar-refractivity contribution in [2.75, 3.05) is 34.9 Å². The van der Waals surface area contributed by atoms with Crippen LogP contribution < -0.4 is 14.2 Å². The average Bonchev–Trinajstić information content (AvgIpc) is 2.68. The fraction of sp³-hybridized carbons (Fsp3) is 0.250. The summed E-state index contributed by atoms with van der Waals surface area (Å²) >= 11 is 0. The molecule has 0 unspecified atom stereocenters. The summed E-state index contributed by atoms with van der Waals surface area (Å²) in [4.78, 5) is 12.8. The standard InChI is InChI=1S/C20H22O7/c1-23-12-26-16-10-18(25-3)20(19(11-16)27-13-24-2)17(22)8-7-14-5-4-6-15(21)9-14/h4-11,21H,12-13H2,1-3H3/b8-7+. The second-order valence-electron chi connectivity index (χ2n) is 5.39. The Morgan fingerprint density at radius 2 is 1.70 bits per heavy atom. The van der Waals surface area contributed by atoms with E-state index in [4.69, 9.17) is 23.7 Å². The zero-order valence-corrected chi connectivity index (χ0v) is 15.4. The Hall–Kier alpha value is -3.03. The largest absolute Gasteiger partial charge is 0.508 e. The molecule has 0 spiro atoms. The Labute approximate surface area is 157 Å². The predicted octanol–water partition coefficient (Wildman–Crippen LogP) is 3.26. The summed E-state index contributed by atoms with van der Waals surface area (Å²) in [5.41, 5.74) is 0.914. The summed E-state index contributed by atoms with van der Waals surface area (Å²) in [6, 6.07) is 9.70. The number of carbonyl (C=O) groups is 1. The van der Waals surface area contributed by atoms with Gasteiger partial charge in [-0.2, -0.15) is 0 Å². The van der Waals surface area contributed by atoms with Crippen LogP contribution in [0.1, 0.15) is 15.9 Å². The lowest BCUT2D eigenvalue weighted by Crippen LogP contribution is -2.08. The molecule has 2 aromatic carbocycles. The van der Waals surface area contributed by atoms with Gasteiger partial charge in [-0.1, -0.05) is 18.2 Å². The highest BCUT2D eigenvalue weighted by atomic mass is 16.7. The Morgan fingerprint density at radius 3 is 2.37 bits per heavy atom. The van der Waals surface area contributed by atoms with Gasteiger partial charge in [-0.15, -0.1) is 0 Å². The number of carbonyl (C=O) groups excluding carboxylic acids is 1. The molecule has 7 heteroatoms. The van der Waals surface area contributed by atoms with Gasteiger partial charge in [-0.05, 0) is 23.8 Å². The molecule has 144 valence electrons. The number of hydrogen-bond donors (Lipinski definition) is 1. The highest BCUT2D eigenvalue weighted by Crippen LogP contribution is 2.35. The SMILES string of the molecule is COCOc1cc(OC)c(C(=O)/C=C/c2cccc(O)c2)c(OCOC)c1. The summed E-state index contributed by atoms with van der Waals surface area (Å²) < 4.78 is 26.1. The van der Waals surface area contributed by atoms with Gasteiger partial charge in [0, 0.05) is 26.4 Å². The van der Waals surface area contributed by atoms with Crippen molar-refractivity contribution in [1.82, 2.24) is 0 Å². The van der Waals surface area contributed by atoms with Crippen LogP contribution in [0.3, 0.4) is 0 Å². The van der Waals surface area contributed by atoms with Gasteiger partial charge in [0.15, 0.2) is 19.4 Å². The number of allylic oxidation sites excluding steroid dienone is 1. The molecule has 27 heavy (non-hydrogen) atoms. The van der Waals surface area contributed by atoms with Crippen molar-refractivity contribution in [1.29, 1.82) is 0 Å². The van der Waals surface area contributed by atoms with Gasteiger partial charge in [0.1, 0.15) is 28.6 Å². The van der Waals surface area contributed by atoms with Crippen LogP contribution in [0.4, 0.5) is 0 Å². The molecule has 7 nitrogen and oxygen atoms in total. The second-order valence-corrected chi connectivity index (χ2v) is 5.39. The van der Waals surface area contributed by atoms with E-state index in [-0.39, 0.29) is 36.4 Å². The first-order valence-corrected chi connectivity index (χ1v) is 8.06. The lowest BCUT2D eigenvalue weighted by molar-refractivity contribution is 0.0453. The third-order valence-corrected chi connectivity index (χ3v) is 3.48. The highest BCUT2D eigenvalue weighted by molar-refractivity contribution is 6.10. The van der Waals surface area contributed by atoms with E-state index in [1.807, 2.05) is 0 Å². The van der Waals surface area contributed by atoms with Crippen LogP contribution in [-0.4, -0.2) is 45.8 Å². The zero-order valence-electron chi connectivity index (χ0n) is 15.4. The molecule has 0 heterocycles. The minimum atomic E-state index is -0.334. The molecule has 0 atom stereocenters. The summed E-state index contributed by atoms with van der Waals surface area (Å²) in [6.45, 7) is -0.00892. The van der Waals surface area contributed by atoms with E-state index < -0.39 is 0 Å². The monoisotopic (exact) mass is 374 g/mol. The van der Waals surface area contributed by atoms with Gasteiger partial charge < -0.3 is 28.8 Å². The number of benzene rings is 2. The van der Waals surface area contributed by atoms with Crippen molar-refractivity contribution in [2.45, 2.75) is 0 Å². The van der Waals surface area contributed by atoms with E-state index in [2.05, 4.69) is 0 Å². The summed E-state index contributed by atoms with van der Waals surface area (Å²) in [6.07, 6.45) is 2.97. The number of ketones is 1. The van der Waals surface area contributed by atoms with Crippen LogP contribution in [0.2, 0.25) is 0 Å². The molecule has 2 aromatic rings. The number of methoxy groups -OCH3 is 3. The predicted molar refractivity (Wildman–Crippen MR) is 99.5 cm³/mol. The molecule has 2 rings (SSSR count). The Morgan fingerprint density at radius 1 is 1.00 bits per heavy atom. The fourth-order valence-electron chi connectivity index (χ4n) is 2.30. The number of phenolic OH excluding ortho intramolecular Hbond substituents is 1. The molecule has 0 aliphatic heterocycles. The van der Waals surface area contributed by atoms with Crippen molar-refractivity contribution in [3.8, 4) is 23.0 Å². The summed E-state index contributed by atoms with van der Waals surface area (Å²) in [7, 11) is 4.43. The molecule has 0 radical (unpaired) electrons. The van der Waals surface area contributed by atoms with Crippen LogP contribution in [0.5, 0.6) is 23.0 Å². The van der Waals surface area contributed by atoms with Crippen LogP contribution in [0, 0.1) is 0 Å². The number of aromatic hydroxyl groups is 1. The van der Waals surface area contributed by atoms with Gasteiger partial charge in [0.25, 0.3) is 0 Å². The average molecular weight is 374 g/mol. The molecule has 0 aliphatic carbocycles. The van der Waals surface area contributed by atoms with E-state index in [0.717, 1.165) is 0 Å². The number of ether oxygens (including phenoxy) is 5. The summed E-state index contributed by atoms with van der Waals surface area (Å²) in [5, 5.41) is 9.52. The molecule has 0 fully saturated rings. The molecule has 0 aliphatic rings. The van der Waals surface area contributed by atoms with Crippen molar-refractivity contribution in [3.05, 3.63) is 53.6 Å². The maximum atomic E-state index is 12.8. The van der Waals surface area contributed by atoms with E-state index in [0.29, 0.717) is 17.1 Å². The maximum absolute atomic E-state index is 12.8. The van der Waals surface area contributed by atoms with Gasteiger partial charge in [0.2, 0.25) is 0 Å². The lowest BCUT2D eigenvalue weighted by Gasteiger charge is -2.15. The van der Waals surface area contributed by atoms with Gasteiger partial charge in [0.05, 0.1) is 7.11 Å². The first kappa shape index (κ1) is 20.3. The van der Waals surface area contributed by atoms with E-state index in [1.54, 1.807) is 42.5 Å². The molecule has 1 N–H and O–H groups in total. The molecule has 0 saturated carbocycles. The fourth-order valence-corrected chi connectivity index (χ4v) is 2.30. The molecular weight excluding hydrogens is 352 g/mol. The summed E-state index contributed by atoms with van der Waals surface area (Å²) in [5.74, 6) is 0.756. The topological polar surface area (TPSA) is 83.5 Å². The Bertz CT molecular complexity index is 799. The van der Waals surface area contributed by atoms with Crippen molar-refractivity contribution in [2.24, 2.45) is 0 Å². The first-order chi connectivity index (χ1) is 13.1. The minimum Gasteiger partial charge on any atom is -0.508 e. The van der Waals surface area contributed by atoms with Crippen LogP contribution in [0.25, 0.3) is 6.08 Å². The smallest absolute Gasteiger partial charge is 0.193 e. The van der Waals surface area contributed by atoms with E-state index in [1.165, 1.54) is 27.4 Å². The Balaban J connectivity index is 2.37. The minimum absolute atomic E-state index is 0.0393. The Kier molecular flexibility index (Phi) is 7.66. The molecular formula is C20H22O7. The number of hydrogen-bond acceptors (Lipinski definition) is 7. The van der Waals surface area contributed by atoms with Crippen molar-refractivity contribution in [3.63, 3.8) is 0 Å². The third kappa shape index (κ3) is 5.73. The maximum Gasteiger partial charge on any atom is 0.193 e. The van der Waals surface area contributed by atoms with Gasteiger partial charge in [-0.25, -0.2) is 0 Å². The normalized spacial score (nSPS) is 10.8. The quantitative estimate of drug-likeness (QED) is 0.388.